The average molecular weight is 325 g/mol. The van der Waals surface area contributed by atoms with Crippen molar-refractivity contribution < 1.29 is 9.53 Å². The van der Waals surface area contributed by atoms with Crippen molar-refractivity contribution in [2.24, 2.45) is 5.92 Å². The highest BCUT2D eigenvalue weighted by Gasteiger charge is 2.24. The van der Waals surface area contributed by atoms with Gasteiger partial charge in [0.25, 0.3) is 0 Å². The molecule has 0 bridgehead atoms. The first-order valence-corrected chi connectivity index (χ1v) is 10.5. The van der Waals surface area contributed by atoms with Crippen molar-refractivity contribution in [1.29, 1.82) is 0 Å². The van der Waals surface area contributed by atoms with E-state index in [1.165, 1.54) is 77.0 Å². The number of carbonyl (C=O) groups excluding carboxylic acids is 1. The summed E-state index contributed by atoms with van der Waals surface area (Å²) < 4.78 is 5.77. The summed E-state index contributed by atoms with van der Waals surface area (Å²) in [7, 11) is 0. The van der Waals surface area contributed by atoms with Crippen LogP contribution in [-0.2, 0) is 9.53 Å². The molecule has 1 unspecified atom stereocenters. The summed E-state index contributed by atoms with van der Waals surface area (Å²) in [6.45, 7) is 4.41. The second kappa shape index (κ2) is 13.9. The fourth-order valence-electron chi connectivity index (χ4n) is 3.63. The van der Waals surface area contributed by atoms with Crippen LogP contribution in [-0.4, -0.2) is 12.1 Å². The Balaban J connectivity index is 2.01. The number of rotatable bonds is 13. The Labute approximate surface area is 144 Å². The first-order chi connectivity index (χ1) is 11.3. The Bertz CT molecular complexity index is 282. The molecule has 0 aliphatic heterocycles. The molecule has 0 amide bonds. The summed E-state index contributed by atoms with van der Waals surface area (Å²) >= 11 is 0. The standard InChI is InChI=1S/C21H40O2/c1-3-5-6-7-8-9-10-11-15-18-20(4-2)23-21(22)19-16-13-12-14-17-19/h19-20H,3-18H2,1-2H3. The van der Waals surface area contributed by atoms with Gasteiger partial charge in [-0.05, 0) is 32.1 Å². The Morgan fingerprint density at radius 2 is 1.43 bits per heavy atom. The second-order valence-corrected chi connectivity index (χ2v) is 7.42. The van der Waals surface area contributed by atoms with E-state index in [4.69, 9.17) is 4.74 Å². The van der Waals surface area contributed by atoms with Crippen LogP contribution in [0.15, 0.2) is 0 Å². The highest BCUT2D eigenvalue weighted by Crippen LogP contribution is 2.26. The minimum atomic E-state index is 0.0903. The number of hydrogen-bond acceptors (Lipinski definition) is 2. The zero-order valence-corrected chi connectivity index (χ0v) is 15.8. The fraction of sp³-hybridized carbons (Fsp3) is 0.952. The maximum absolute atomic E-state index is 12.2. The Morgan fingerprint density at radius 3 is 2.00 bits per heavy atom. The van der Waals surface area contributed by atoms with Gasteiger partial charge in [-0.2, -0.15) is 0 Å². The molecule has 2 heteroatoms. The molecule has 0 radical (unpaired) electrons. The molecule has 0 aromatic heterocycles. The molecule has 1 aliphatic rings. The third kappa shape index (κ3) is 10.0. The summed E-state index contributed by atoms with van der Waals surface area (Å²) in [6, 6.07) is 0. The Morgan fingerprint density at radius 1 is 0.870 bits per heavy atom. The highest BCUT2D eigenvalue weighted by molar-refractivity contribution is 5.72. The van der Waals surface area contributed by atoms with Gasteiger partial charge in [0.1, 0.15) is 6.10 Å². The van der Waals surface area contributed by atoms with Gasteiger partial charge in [0.05, 0.1) is 5.92 Å². The number of ether oxygens (including phenoxy) is 1. The molecular formula is C21H40O2. The van der Waals surface area contributed by atoms with E-state index in [-0.39, 0.29) is 18.0 Å². The zero-order chi connectivity index (χ0) is 16.8. The number of esters is 1. The van der Waals surface area contributed by atoms with Crippen LogP contribution in [0.3, 0.4) is 0 Å². The van der Waals surface area contributed by atoms with Crippen molar-refractivity contribution in [1.82, 2.24) is 0 Å². The molecule has 0 aromatic rings. The van der Waals surface area contributed by atoms with Crippen LogP contribution >= 0.6 is 0 Å². The van der Waals surface area contributed by atoms with Gasteiger partial charge in [-0.15, -0.1) is 0 Å². The van der Waals surface area contributed by atoms with Crippen molar-refractivity contribution in [3.05, 3.63) is 0 Å². The minimum Gasteiger partial charge on any atom is -0.462 e. The van der Waals surface area contributed by atoms with Crippen LogP contribution in [0.2, 0.25) is 0 Å². The predicted octanol–water partition coefficient (Wildman–Crippen LogP) is 6.81. The van der Waals surface area contributed by atoms with Crippen molar-refractivity contribution in [3.63, 3.8) is 0 Å². The third-order valence-corrected chi connectivity index (χ3v) is 5.31. The molecular weight excluding hydrogens is 284 g/mol. The lowest BCUT2D eigenvalue weighted by atomic mass is 9.89. The lowest BCUT2D eigenvalue weighted by molar-refractivity contribution is -0.155. The van der Waals surface area contributed by atoms with Gasteiger partial charge in [0.2, 0.25) is 0 Å². The van der Waals surface area contributed by atoms with Crippen molar-refractivity contribution >= 4 is 5.97 Å². The molecule has 0 spiro atoms. The van der Waals surface area contributed by atoms with E-state index in [9.17, 15) is 4.79 Å². The normalized spacial score (nSPS) is 17.1. The van der Waals surface area contributed by atoms with Crippen LogP contribution in [0.1, 0.15) is 117 Å². The Hall–Kier alpha value is -0.530. The van der Waals surface area contributed by atoms with E-state index < -0.39 is 0 Å². The topological polar surface area (TPSA) is 26.3 Å². The second-order valence-electron chi connectivity index (χ2n) is 7.42. The molecule has 1 atom stereocenters. The molecule has 0 heterocycles. The molecule has 136 valence electrons. The third-order valence-electron chi connectivity index (χ3n) is 5.31. The summed E-state index contributed by atoms with van der Waals surface area (Å²) in [5, 5.41) is 0. The summed E-state index contributed by atoms with van der Waals surface area (Å²) in [5.74, 6) is 0.286. The van der Waals surface area contributed by atoms with Crippen LogP contribution in [0.25, 0.3) is 0 Å². The first kappa shape index (κ1) is 20.5. The molecule has 1 rings (SSSR count). The van der Waals surface area contributed by atoms with E-state index in [0.717, 1.165) is 25.7 Å². The summed E-state index contributed by atoms with van der Waals surface area (Å²) in [5.41, 5.74) is 0. The van der Waals surface area contributed by atoms with Gasteiger partial charge in [-0.1, -0.05) is 84.5 Å². The van der Waals surface area contributed by atoms with Gasteiger partial charge < -0.3 is 4.74 Å². The molecule has 0 aromatic carbocycles. The predicted molar refractivity (Wildman–Crippen MR) is 98.6 cm³/mol. The van der Waals surface area contributed by atoms with Gasteiger partial charge in [0.15, 0.2) is 0 Å². The van der Waals surface area contributed by atoms with Crippen molar-refractivity contribution in [2.45, 2.75) is 123 Å². The molecule has 23 heavy (non-hydrogen) atoms. The average Bonchev–Trinajstić information content (AvgIpc) is 2.59. The SMILES string of the molecule is CCCCCCCCCCCC(CC)OC(=O)C1CCCCC1. The molecule has 1 saturated carbocycles. The first-order valence-electron chi connectivity index (χ1n) is 10.5. The van der Waals surface area contributed by atoms with E-state index in [1.54, 1.807) is 0 Å². The van der Waals surface area contributed by atoms with Crippen LogP contribution in [0, 0.1) is 5.92 Å². The van der Waals surface area contributed by atoms with Gasteiger partial charge >= 0.3 is 5.97 Å². The number of carbonyl (C=O) groups is 1. The van der Waals surface area contributed by atoms with Crippen LogP contribution in [0.4, 0.5) is 0 Å². The van der Waals surface area contributed by atoms with Crippen LogP contribution < -0.4 is 0 Å². The quantitative estimate of drug-likeness (QED) is 0.275. The lowest BCUT2D eigenvalue weighted by Crippen LogP contribution is -2.25. The monoisotopic (exact) mass is 324 g/mol. The molecule has 1 aliphatic carbocycles. The van der Waals surface area contributed by atoms with E-state index in [2.05, 4.69) is 13.8 Å². The van der Waals surface area contributed by atoms with Crippen LogP contribution in [0.5, 0.6) is 0 Å². The summed E-state index contributed by atoms with van der Waals surface area (Å²) in [4.78, 5) is 12.2. The maximum Gasteiger partial charge on any atom is 0.309 e. The largest absolute Gasteiger partial charge is 0.462 e. The van der Waals surface area contributed by atoms with Gasteiger partial charge in [0, 0.05) is 0 Å². The smallest absolute Gasteiger partial charge is 0.309 e. The molecule has 0 N–H and O–H groups in total. The minimum absolute atomic E-state index is 0.0903. The van der Waals surface area contributed by atoms with E-state index >= 15 is 0 Å². The van der Waals surface area contributed by atoms with E-state index in [0.29, 0.717) is 0 Å². The van der Waals surface area contributed by atoms with Gasteiger partial charge in [-0.3, -0.25) is 4.79 Å². The van der Waals surface area contributed by atoms with Gasteiger partial charge in [-0.25, -0.2) is 0 Å². The van der Waals surface area contributed by atoms with E-state index in [1.807, 2.05) is 0 Å². The lowest BCUT2D eigenvalue weighted by Gasteiger charge is -2.23. The molecule has 2 nitrogen and oxygen atoms in total. The van der Waals surface area contributed by atoms with Crippen molar-refractivity contribution in [2.75, 3.05) is 0 Å². The zero-order valence-electron chi connectivity index (χ0n) is 15.8. The summed E-state index contributed by atoms with van der Waals surface area (Å²) in [6.07, 6.45) is 20.2. The highest BCUT2D eigenvalue weighted by atomic mass is 16.5. The maximum atomic E-state index is 12.2. The fourth-order valence-corrected chi connectivity index (χ4v) is 3.63. The molecule has 0 saturated heterocycles. The number of unbranched alkanes of at least 4 members (excludes halogenated alkanes) is 8. The Kier molecular flexibility index (Phi) is 12.4. The van der Waals surface area contributed by atoms with Crippen molar-refractivity contribution in [3.8, 4) is 0 Å². The molecule has 1 fully saturated rings. The number of hydrogen-bond donors (Lipinski definition) is 0.